The van der Waals surface area contributed by atoms with Crippen molar-refractivity contribution in [2.75, 3.05) is 6.54 Å². The second-order valence-corrected chi connectivity index (χ2v) is 7.23. The highest BCUT2D eigenvalue weighted by Crippen LogP contribution is 2.20. The minimum atomic E-state index is -0.516. The van der Waals surface area contributed by atoms with Gasteiger partial charge in [0, 0.05) is 6.54 Å². The van der Waals surface area contributed by atoms with Crippen molar-refractivity contribution >= 4 is 5.91 Å². The van der Waals surface area contributed by atoms with Gasteiger partial charge in [-0.3, -0.25) is 4.79 Å². The van der Waals surface area contributed by atoms with Crippen LogP contribution in [0, 0.1) is 13.8 Å². The van der Waals surface area contributed by atoms with Gasteiger partial charge in [0.05, 0.1) is 6.10 Å². The molecule has 0 aliphatic rings. The molecule has 2 aromatic carbocycles. The predicted octanol–water partition coefficient (Wildman–Crippen LogP) is 4.61. The number of rotatable bonds is 9. The Morgan fingerprint density at radius 1 is 1.00 bits per heavy atom. The summed E-state index contributed by atoms with van der Waals surface area (Å²) in [4.78, 5) is 12.2. The van der Waals surface area contributed by atoms with E-state index in [4.69, 9.17) is 9.47 Å². The molecule has 4 nitrogen and oxygen atoms in total. The lowest BCUT2D eigenvalue weighted by molar-refractivity contribution is -0.127. The van der Waals surface area contributed by atoms with Crippen molar-refractivity contribution in [3.63, 3.8) is 0 Å². The minimum absolute atomic E-state index is 0.0865. The molecular formula is C23H31NO3. The monoisotopic (exact) mass is 369 g/mol. The third kappa shape index (κ3) is 6.97. The summed E-state index contributed by atoms with van der Waals surface area (Å²) in [6.07, 6.45) is 1.46. The topological polar surface area (TPSA) is 47.6 Å². The molecule has 1 atom stereocenters. The fraction of sp³-hybridized carbons (Fsp3) is 0.435. The molecule has 2 rings (SSSR count). The smallest absolute Gasteiger partial charge is 0.260 e. The number of ether oxygens (including phenoxy) is 2. The van der Waals surface area contributed by atoms with Gasteiger partial charge in [-0.15, -0.1) is 0 Å². The predicted molar refractivity (Wildman–Crippen MR) is 110 cm³/mol. The van der Waals surface area contributed by atoms with Crippen molar-refractivity contribution < 1.29 is 14.3 Å². The molecule has 146 valence electrons. The molecule has 0 aliphatic heterocycles. The number of amides is 1. The van der Waals surface area contributed by atoms with Crippen LogP contribution < -0.4 is 14.8 Å². The fourth-order valence-corrected chi connectivity index (χ4v) is 2.73. The van der Waals surface area contributed by atoms with Crippen molar-refractivity contribution in [3.05, 3.63) is 59.2 Å². The molecule has 0 aliphatic carbocycles. The van der Waals surface area contributed by atoms with Crippen molar-refractivity contribution in [1.82, 2.24) is 5.32 Å². The van der Waals surface area contributed by atoms with Gasteiger partial charge in [0.15, 0.2) is 6.10 Å². The van der Waals surface area contributed by atoms with Crippen LogP contribution in [0.1, 0.15) is 43.9 Å². The zero-order chi connectivity index (χ0) is 19.8. The van der Waals surface area contributed by atoms with Gasteiger partial charge in [-0.05, 0) is 82.3 Å². The summed E-state index contributed by atoms with van der Waals surface area (Å²) in [7, 11) is 0. The molecule has 1 amide bonds. The molecule has 0 bridgehead atoms. The molecular weight excluding hydrogens is 338 g/mol. The largest absolute Gasteiger partial charge is 0.491 e. The van der Waals surface area contributed by atoms with E-state index < -0.39 is 6.10 Å². The Hall–Kier alpha value is -2.49. The first-order valence-corrected chi connectivity index (χ1v) is 9.62. The van der Waals surface area contributed by atoms with Crippen molar-refractivity contribution in [1.29, 1.82) is 0 Å². The summed E-state index contributed by atoms with van der Waals surface area (Å²) in [5.74, 6) is 1.57. The van der Waals surface area contributed by atoms with Gasteiger partial charge in [0.25, 0.3) is 5.91 Å². The maximum atomic E-state index is 12.2. The van der Waals surface area contributed by atoms with Crippen LogP contribution in [-0.4, -0.2) is 24.7 Å². The van der Waals surface area contributed by atoms with Crippen LogP contribution in [0.3, 0.4) is 0 Å². The molecule has 1 N–H and O–H groups in total. The minimum Gasteiger partial charge on any atom is -0.491 e. The van der Waals surface area contributed by atoms with E-state index in [0.717, 1.165) is 35.5 Å². The Balaban J connectivity index is 1.73. The summed E-state index contributed by atoms with van der Waals surface area (Å²) < 4.78 is 11.5. The molecule has 0 fully saturated rings. The fourth-order valence-electron chi connectivity index (χ4n) is 2.73. The number of carbonyl (C=O) groups is 1. The van der Waals surface area contributed by atoms with Gasteiger partial charge < -0.3 is 14.8 Å². The van der Waals surface area contributed by atoms with Gasteiger partial charge in [-0.2, -0.15) is 0 Å². The number of hydrogen-bond donors (Lipinski definition) is 1. The number of nitrogens with one attached hydrogen (secondary N) is 1. The summed E-state index contributed by atoms with van der Waals surface area (Å²) in [5, 5.41) is 2.96. The molecule has 27 heavy (non-hydrogen) atoms. The summed E-state index contributed by atoms with van der Waals surface area (Å²) in [5.41, 5.74) is 3.39. The average Bonchev–Trinajstić information content (AvgIpc) is 2.62. The lowest BCUT2D eigenvalue weighted by atomic mass is 10.1. The standard InChI is InChI=1S/C23H31NO3/c1-16(2)26-21-12-10-20(11-13-21)7-6-14-24-23(25)19(5)27-22-15-17(3)8-9-18(22)4/h8-13,15-16,19H,6-7,14H2,1-5H3,(H,24,25)/t19-/m1/s1. The molecule has 2 aromatic rings. The van der Waals surface area contributed by atoms with E-state index >= 15 is 0 Å². The highest BCUT2D eigenvalue weighted by atomic mass is 16.5. The van der Waals surface area contributed by atoms with E-state index in [2.05, 4.69) is 17.4 Å². The lowest BCUT2D eigenvalue weighted by Gasteiger charge is -2.16. The number of aryl methyl sites for hydroxylation is 3. The Bertz CT molecular complexity index is 738. The van der Waals surface area contributed by atoms with Crippen LogP contribution >= 0.6 is 0 Å². The molecule has 0 unspecified atom stereocenters. The Morgan fingerprint density at radius 2 is 1.70 bits per heavy atom. The SMILES string of the molecule is Cc1ccc(C)c(O[C@H](C)C(=O)NCCCc2ccc(OC(C)C)cc2)c1. The highest BCUT2D eigenvalue weighted by Gasteiger charge is 2.15. The number of hydrogen-bond acceptors (Lipinski definition) is 3. The summed E-state index contributed by atoms with van der Waals surface area (Å²) in [6.45, 7) is 10.4. The van der Waals surface area contributed by atoms with E-state index in [-0.39, 0.29) is 12.0 Å². The molecule has 0 aromatic heterocycles. The van der Waals surface area contributed by atoms with Gasteiger partial charge in [-0.1, -0.05) is 24.3 Å². The van der Waals surface area contributed by atoms with Crippen molar-refractivity contribution in [3.8, 4) is 11.5 Å². The van der Waals surface area contributed by atoms with Crippen LogP contribution in [-0.2, 0) is 11.2 Å². The second kappa shape index (κ2) is 10.0. The molecule has 0 radical (unpaired) electrons. The maximum Gasteiger partial charge on any atom is 0.260 e. The van der Waals surface area contributed by atoms with E-state index in [9.17, 15) is 4.79 Å². The highest BCUT2D eigenvalue weighted by molar-refractivity contribution is 5.80. The summed E-state index contributed by atoms with van der Waals surface area (Å²) >= 11 is 0. The third-order valence-electron chi connectivity index (χ3n) is 4.25. The van der Waals surface area contributed by atoms with E-state index in [0.29, 0.717) is 6.54 Å². The lowest BCUT2D eigenvalue weighted by Crippen LogP contribution is -2.37. The van der Waals surface area contributed by atoms with Crippen LogP contribution in [0.15, 0.2) is 42.5 Å². The van der Waals surface area contributed by atoms with Crippen LogP contribution in [0.4, 0.5) is 0 Å². The summed E-state index contributed by atoms with van der Waals surface area (Å²) in [6, 6.07) is 14.1. The van der Waals surface area contributed by atoms with Crippen LogP contribution in [0.5, 0.6) is 11.5 Å². The molecule has 0 heterocycles. The average molecular weight is 370 g/mol. The van der Waals surface area contributed by atoms with Gasteiger partial charge in [-0.25, -0.2) is 0 Å². The molecule has 4 heteroatoms. The van der Waals surface area contributed by atoms with Gasteiger partial charge >= 0.3 is 0 Å². The maximum absolute atomic E-state index is 12.2. The Labute approximate surface area is 162 Å². The second-order valence-electron chi connectivity index (χ2n) is 7.23. The van der Waals surface area contributed by atoms with Gasteiger partial charge in [0.1, 0.15) is 11.5 Å². The molecule has 0 saturated heterocycles. The quantitative estimate of drug-likeness (QED) is 0.657. The van der Waals surface area contributed by atoms with E-state index in [1.165, 1.54) is 5.56 Å². The van der Waals surface area contributed by atoms with Crippen LogP contribution in [0.2, 0.25) is 0 Å². The van der Waals surface area contributed by atoms with Crippen LogP contribution in [0.25, 0.3) is 0 Å². The van der Waals surface area contributed by atoms with E-state index in [1.54, 1.807) is 6.92 Å². The van der Waals surface area contributed by atoms with E-state index in [1.807, 2.05) is 58.0 Å². The Morgan fingerprint density at radius 3 is 2.37 bits per heavy atom. The third-order valence-corrected chi connectivity index (χ3v) is 4.25. The zero-order valence-electron chi connectivity index (χ0n) is 17.0. The molecule has 0 saturated carbocycles. The van der Waals surface area contributed by atoms with Crippen molar-refractivity contribution in [2.45, 2.75) is 59.7 Å². The first-order valence-electron chi connectivity index (χ1n) is 9.62. The first kappa shape index (κ1) is 20.8. The van der Waals surface area contributed by atoms with Crippen molar-refractivity contribution in [2.24, 2.45) is 0 Å². The number of carbonyl (C=O) groups excluding carboxylic acids is 1. The normalized spacial score (nSPS) is 11.9. The van der Waals surface area contributed by atoms with Gasteiger partial charge in [0.2, 0.25) is 0 Å². The first-order chi connectivity index (χ1) is 12.8. The Kier molecular flexibility index (Phi) is 7.71. The number of benzene rings is 2. The molecule has 0 spiro atoms. The zero-order valence-corrected chi connectivity index (χ0v) is 17.0.